The maximum atomic E-state index is 5.19. The summed E-state index contributed by atoms with van der Waals surface area (Å²) in [4.78, 5) is 2.06. The van der Waals surface area contributed by atoms with E-state index in [1.54, 1.807) is 0 Å². The molecule has 54 valence electrons. The molecule has 0 aromatic heterocycles. The van der Waals surface area contributed by atoms with Crippen molar-refractivity contribution in [2.75, 3.05) is 27.2 Å². The summed E-state index contributed by atoms with van der Waals surface area (Å²) < 4.78 is 0. The number of nitrogens with two attached hydrogens (primary N) is 1. The molecule has 3 nitrogen and oxygen atoms in total. The Morgan fingerprint density at radius 3 is 1.75 bits per heavy atom. The number of rotatable bonds is 2. The molecule has 8 heavy (non-hydrogen) atoms. The van der Waals surface area contributed by atoms with Crippen molar-refractivity contribution in [2.45, 2.75) is 0 Å². The van der Waals surface area contributed by atoms with Gasteiger partial charge in [0.25, 0.3) is 0 Å². The summed E-state index contributed by atoms with van der Waals surface area (Å²) in [5.41, 5.74) is 5.19. The van der Waals surface area contributed by atoms with E-state index in [1.165, 1.54) is 0 Å². The minimum Gasteiger partial charge on any atom is -0.412 e. The molecule has 0 saturated heterocycles. The summed E-state index contributed by atoms with van der Waals surface area (Å²) in [5.74, 6) is 0. The first kappa shape index (κ1) is 15.7. The zero-order chi connectivity index (χ0) is 4.99. The molecule has 0 bridgehead atoms. The lowest BCUT2D eigenvalue weighted by Gasteiger charge is -2.03. The first-order chi connectivity index (χ1) is 2.77. The van der Waals surface area contributed by atoms with Crippen molar-refractivity contribution in [3.05, 3.63) is 0 Å². The standard InChI is InChI=1S/C4H12N2.ClH.H2O/c1-6(2)4-3-5;;/h3-5H2,1-2H3;1H;1H2. The Balaban J connectivity index is -0.000000125. The van der Waals surface area contributed by atoms with Crippen LogP contribution in [0.3, 0.4) is 0 Å². The Hall–Kier alpha value is 0.170. The second-order valence-corrected chi connectivity index (χ2v) is 1.59. The van der Waals surface area contributed by atoms with E-state index < -0.39 is 0 Å². The molecule has 0 radical (unpaired) electrons. The molecule has 4 heteroatoms. The van der Waals surface area contributed by atoms with E-state index in [9.17, 15) is 0 Å². The fourth-order valence-corrected chi connectivity index (χ4v) is 0.258. The lowest BCUT2D eigenvalue weighted by atomic mass is 10.6. The lowest BCUT2D eigenvalue weighted by molar-refractivity contribution is 0.420. The third-order valence-electron chi connectivity index (χ3n) is 0.576. The maximum Gasteiger partial charge on any atom is 0.00985 e. The van der Waals surface area contributed by atoms with Gasteiger partial charge in [0, 0.05) is 13.1 Å². The Labute approximate surface area is 56.6 Å². The molecule has 0 rings (SSSR count). The van der Waals surface area contributed by atoms with E-state index in [0.29, 0.717) is 0 Å². The van der Waals surface area contributed by atoms with E-state index in [1.807, 2.05) is 14.1 Å². The predicted molar refractivity (Wildman–Crippen MR) is 38.5 cm³/mol. The van der Waals surface area contributed by atoms with Crippen LogP contribution in [0.5, 0.6) is 0 Å². The van der Waals surface area contributed by atoms with Crippen LogP contribution in [0.4, 0.5) is 0 Å². The molecular weight excluding hydrogens is 128 g/mol. The second kappa shape index (κ2) is 10.2. The zero-order valence-corrected chi connectivity index (χ0v) is 6.16. The van der Waals surface area contributed by atoms with E-state index in [2.05, 4.69) is 4.90 Å². The summed E-state index contributed by atoms with van der Waals surface area (Å²) in [6.07, 6.45) is 0. The summed E-state index contributed by atoms with van der Waals surface area (Å²) in [5, 5.41) is 0. The van der Waals surface area contributed by atoms with Gasteiger partial charge in [-0.2, -0.15) is 0 Å². The molecule has 0 aliphatic heterocycles. The van der Waals surface area contributed by atoms with Gasteiger partial charge in [0.1, 0.15) is 0 Å². The molecule has 4 N–H and O–H groups in total. The van der Waals surface area contributed by atoms with Crippen LogP contribution in [0.15, 0.2) is 0 Å². The first-order valence-corrected chi connectivity index (χ1v) is 2.12. The average Bonchev–Trinajstić information content (AvgIpc) is 1.35. The van der Waals surface area contributed by atoms with Crippen molar-refractivity contribution in [1.29, 1.82) is 0 Å². The van der Waals surface area contributed by atoms with Crippen molar-refractivity contribution in [3.63, 3.8) is 0 Å². The zero-order valence-electron chi connectivity index (χ0n) is 5.35. The first-order valence-electron chi connectivity index (χ1n) is 2.12. The highest BCUT2D eigenvalue weighted by Crippen LogP contribution is 1.64. The highest BCUT2D eigenvalue weighted by Gasteiger charge is 1.79. The van der Waals surface area contributed by atoms with Gasteiger partial charge in [-0.1, -0.05) is 0 Å². The van der Waals surface area contributed by atoms with Crippen LogP contribution in [-0.2, 0) is 0 Å². The van der Waals surface area contributed by atoms with Crippen molar-refractivity contribution >= 4 is 12.4 Å². The molecule has 0 heterocycles. The van der Waals surface area contributed by atoms with Gasteiger partial charge in [0.2, 0.25) is 0 Å². The van der Waals surface area contributed by atoms with Crippen molar-refractivity contribution in [3.8, 4) is 0 Å². The molecule has 0 atom stereocenters. The van der Waals surface area contributed by atoms with Gasteiger partial charge < -0.3 is 16.1 Å². The predicted octanol–water partition coefficient (Wildman–Crippen LogP) is -0.896. The summed E-state index contributed by atoms with van der Waals surface area (Å²) >= 11 is 0. The van der Waals surface area contributed by atoms with Crippen LogP contribution in [0.25, 0.3) is 0 Å². The van der Waals surface area contributed by atoms with Crippen LogP contribution >= 0.6 is 12.4 Å². The molecular formula is C4H15ClN2O. The summed E-state index contributed by atoms with van der Waals surface area (Å²) in [7, 11) is 4.01. The minimum atomic E-state index is 0. The molecule has 0 fully saturated rings. The van der Waals surface area contributed by atoms with E-state index in [-0.39, 0.29) is 17.9 Å². The Kier molecular flexibility index (Phi) is 20.1. The van der Waals surface area contributed by atoms with Crippen molar-refractivity contribution < 1.29 is 5.48 Å². The third-order valence-corrected chi connectivity index (χ3v) is 0.576. The highest BCUT2D eigenvalue weighted by atomic mass is 35.5. The average molecular weight is 143 g/mol. The van der Waals surface area contributed by atoms with Gasteiger partial charge in [-0.25, -0.2) is 0 Å². The molecule has 0 saturated carbocycles. The van der Waals surface area contributed by atoms with Gasteiger partial charge in [-0.3, -0.25) is 0 Å². The van der Waals surface area contributed by atoms with E-state index in [0.717, 1.165) is 13.1 Å². The van der Waals surface area contributed by atoms with Gasteiger partial charge >= 0.3 is 0 Å². The second-order valence-electron chi connectivity index (χ2n) is 1.59. The number of likely N-dealkylation sites (N-methyl/N-ethyl adjacent to an activating group) is 1. The fourth-order valence-electron chi connectivity index (χ4n) is 0.258. The van der Waals surface area contributed by atoms with Gasteiger partial charge in [0.15, 0.2) is 0 Å². The van der Waals surface area contributed by atoms with Gasteiger partial charge in [-0.15, -0.1) is 12.4 Å². The number of hydrogen-bond donors (Lipinski definition) is 1. The smallest absolute Gasteiger partial charge is 0.00985 e. The van der Waals surface area contributed by atoms with Crippen molar-refractivity contribution in [2.24, 2.45) is 5.73 Å². The molecule has 0 aliphatic carbocycles. The number of hydrogen-bond acceptors (Lipinski definition) is 2. The van der Waals surface area contributed by atoms with Crippen LogP contribution in [-0.4, -0.2) is 37.6 Å². The lowest BCUT2D eigenvalue weighted by Crippen LogP contribution is -2.20. The van der Waals surface area contributed by atoms with E-state index >= 15 is 0 Å². The molecule has 0 aliphatic rings. The monoisotopic (exact) mass is 142 g/mol. The molecule has 0 aromatic carbocycles. The van der Waals surface area contributed by atoms with Crippen LogP contribution in [0.2, 0.25) is 0 Å². The van der Waals surface area contributed by atoms with Gasteiger partial charge in [-0.05, 0) is 14.1 Å². The highest BCUT2D eigenvalue weighted by molar-refractivity contribution is 5.85. The van der Waals surface area contributed by atoms with E-state index in [4.69, 9.17) is 5.73 Å². The fraction of sp³-hybridized carbons (Fsp3) is 1.00. The van der Waals surface area contributed by atoms with Gasteiger partial charge in [0.05, 0.1) is 0 Å². The maximum absolute atomic E-state index is 5.19. The van der Waals surface area contributed by atoms with Crippen LogP contribution in [0.1, 0.15) is 0 Å². The molecule has 0 aromatic rings. The summed E-state index contributed by atoms with van der Waals surface area (Å²) in [6, 6.07) is 0. The minimum absolute atomic E-state index is 0. The SMILES string of the molecule is CN(C)CCN.Cl.O. The Morgan fingerprint density at radius 2 is 1.75 bits per heavy atom. The van der Waals surface area contributed by atoms with Crippen LogP contribution in [0, 0.1) is 0 Å². The number of nitrogens with zero attached hydrogens (tertiary/aromatic N) is 1. The normalized spacial score (nSPS) is 7.50. The molecule has 0 unspecified atom stereocenters. The van der Waals surface area contributed by atoms with Crippen molar-refractivity contribution in [1.82, 2.24) is 4.90 Å². The topological polar surface area (TPSA) is 60.8 Å². The Bertz CT molecular complexity index is 35.2. The third kappa shape index (κ3) is 16.4. The molecule has 0 amide bonds. The number of halogens is 1. The Morgan fingerprint density at radius 1 is 1.38 bits per heavy atom. The summed E-state index contributed by atoms with van der Waals surface area (Å²) in [6.45, 7) is 1.74. The largest absolute Gasteiger partial charge is 0.412 e. The van der Waals surface area contributed by atoms with Crippen LogP contribution < -0.4 is 5.73 Å². The quantitative estimate of drug-likeness (QED) is 0.544. The molecule has 0 spiro atoms.